The van der Waals surface area contributed by atoms with Crippen molar-refractivity contribution in [3.8, 4) is 0 Å². The van der Waals surface area contributed by atoms with Crippen molar-refractivity contribution in [1.29, 1.82) is 0 Å². The Bertz CT molecular complexity index is 760. The number of rotatable bonds is 5. The number of non-ortho nitro benzene ring substituents is 1. The molecule has 0 fully saturated rings. The Morgan fingerprint density at radius 3 is 2.38 bits per heavy atom. The van der Waals surface area contributed by atoms with E-state index in [1.165, 1.54) is 12.1 Å². The van der Waals surface area contributed by atoms with Crippen molar-refractivity contribution in [2.24, 2.45) is 0 Å². The molecule has 1 amide bonds. The zero-order valence-corrected chi connectivity index (χ0v) is 15.2. The second-order valence-corrected chi connectivity index (χ2v) is 6.52. The topological polar surface area (TPSA) is 75.5 Å². The lowest BCUT2D eigenvalue weighted by Gasteiger charge is -2.19. The first-order valence-electron chi connectivity index (χ1n) is 7.31. The number of hydrogen-bond acceptors (Lipinski definition) is 4. The molecule has 2 rings (SSSR count). The Balaban J connectivity index is 2.29. The first-order chi connectivity index (χ1) is 11.3. The first-order valence-corrected chi connectivity index (χ1v) is 8.11. The molecule has 0 saturated heterocycles. The number of nitrogens with one attached hydrogen (secondary N) is 1. The molecule has 0 aliphatic carbocycles. The fraction of sp³-hybridized carbons (Fsp3) is 0.235. The summed E-state index contributed by atoms with van der Waals surface area (Å²) in [6, 6.07) is 11.7. The highest BCUT2D eigenvalue weighted by Gasteiger charge is 2.19. The van der Waals surface area contributed by atoms with E-state index in [0.717, 1.165) is 10.0 Å². The zero-order chi connectivity index (χ0) is 17.9. The highest BCUT2D eigenvalue weighted by Crippen LogP contribution is 2.25. The van der Waals surface area contributed by atoms with Crippen molar-refractivity contribution in [1.82, 2.24) is 5.32 Å². The molecule has 1 atom stereocenters. The van der Waals surface area contributed by atoms with Crippen molar-refractivity contribution in [3.63, 3.8) is 0 Å². The van der Waals surface area contributed by atoms with Crippen LogP contribution in [0.25, 0.3) is 0 Å². The Hall–Kier alpha value is -2.41. The lowest BCUT2D eigenvalue weighted by atomic mass is 10.1. The lowest BCUT2D eigenvalue weighted by molar-refractivity contribution is -0.384. The number of anilines is 1. The second kappa shape index (κ2) is 7.44. The molecule has 0 aromatic heterocycles. The Morgan fingerprint density at radius 1 is 1.21 bits per heavy atom. The third kappa shape index (κ3) is 4.11. The van der Waals surface area contributed by atoms with Crippen molar-refractivity contribution in [3.05, 3.63) is 68.2 Å². The minimum atomic E-state index is -0.506. The van der Waals surface area contributed by atoms with E-state index in [9.17, 15) is 14.9 Å². The summed E-state index contributed by atoms with van der Waals surface area (Å²) in [5.41, 5.74) is 1.74. The van der Waals surface area contributed by atoms with Crippen LogP contribution in [0.2, 0.25) is 0 Å². The maximum Gasteiger partial charge on any atom is 0.270 e. The van der Waals surface area contributed by atoms with Crippen LogP contribution in [0.1, 0.15) is 28.9 Å². The van der Waals surface area contributed by atoms with Gasteiger partial charge >= 0.3 is 0 Å². The van der Waals surface area contributed by atoms with E-state index in [4.69, 9.17) is 0 Å². The summed E-state index contributed by atoms with van der Waals surface area (Å²) >= 11 is 3.37. The van der Waals surface area contributed by atoms with E-state index < -0.39 is 4.92 Å². The molecule has 2 aromatic carbocycles. The molecule has 0 spiro atoms. The van der Waals surface area contributed by atoms with Gasteiger partial charge in [0.2, 0.25) is 0 Å². The number of nitrogens with zero attached hydrogens (tertiary/aromatic N) is 2. The smallest absolute Gasteiger partial charge is 0.270 e. The molecule has 0 radical (unpaired) electrons. The van der Waals surface area contributed by atoms with Crippen molar-refractivity contribution in [2.75, 3.05) is 19.0 Å². The Kier molecular flexibility index (Phi) is 5.56. The van der Waals surface area contributed by atoms with Gasteiger partial charge in [-0.05, 0) is 30.7 Å². The molecule has 0 heterocycles. The van der Waals surface area contributed by atoms with E-state index in [1.807, 2.05) is 31.2 Å². The van der Waals surface area contributed by atoms with Gasteiger partial charge in [-0.3, -0.25) is 14.9 Å². The van der Waals surface area contributed by atoms with Crippen LogP contribution in [0, 0.1) is 10.1 Å². The number of nitro groups is 1. The number of halogens is 1. The van der Waals surface area contributed by atoms with Crippen LogP contribution < -0.4 is 10.2 Å². The average Bonchev–Trinajstić information content (AvgIpc) is 2.54. The highest BCUT2D eigenvalue weighted by atomic mass is 79.9. The molecule has 1 N–H and O–H groups in total. The lowest BCUT2D eigenvalue weighted by Crippen LogP contribution is -2.28. The first kappa shape index (κ1) is 17.9. The van der Waals surface area contributed by atoms with E-state index in [1.54, 1.807) is 25.1 Å². The normalized spacial score (nSPS) is 11.7. The second-order valence-electron chi connectivity index (χ2n) is 5.60. The third-order valence-corrected chi connectivity index (χ3v) is 4.16. The predicted octanol–water partition coefficient (Wildman–Crippen LogP) is 3.91. The van der Waals surface area contributed by atoms with Crippen LogP contribution in [-0.2, 0) is 0 Å². The number of amides is 1. The molecular formula is C17H18BrN3O3. The minimum absolute atomic E-state index is 0.109. The Morgan fingerprint density at radius 2 is 1.83 bits per heavy atom. The summed E-state index contributed by atoms with van der Waals surface area (Å²) in [5.74, 6) is -0.349. The molecule has 0 saturated carbocycles. The maximum atomic E-state index is 12.6. The summed E-state index contributed by atoms with van der Waals surface area (Å²) in [6.07, 6.45) is 0. The van der Waals surface area contributed by atoms with Crippen LogP contribution >= 0.6 is 15.9 Å². The quantitative estimate of drug-likeness (QED) is 0.618. The molecular weight excluding hydrogens is 374 g/mol. The van der Waals surface area contributed by atoms with Gasteiger partial charge in [-0.25, -0.2) is 0 Å². The van der Waals surface area contributed by atoms with Gasteiger partial charge in [-0.15, -0.1) is 0 Å². The maximum absolute atomic E-state index is 12.6. The SMILES string of the molecule is CC(NC(=O)c1cc([N+](=O)[O-])ccc1N(C)C)c1ccc(Br)cc1. The molecule has 0 aliphatic rings. The molecule has 1 unspecified atom stereocenters. The molecule has 24 heavy (non-hydrogen) atoms. The molecule has 2 aromatic rings. The highest BCUT2D eigenvalue weighted by molar-refractivity contribution is 9.10. The predicted molar refractivity (Wildman–Crippen MR) is 97.4 cm³/mol. The standard InChI is InChI=1S/C17H18BrN3O3/c1-11(12-4-6-13(18)7-5-12)19-17(22)15-10-14(21(23)24)8-9-16(15)20(2)3/h4-11H,1-3H3,(H,19,22). The average molecular weight is 392 g/mol. The number of carbonyl (C=O) groups excluding carboxylic acids is 1. The molecule has 7 heteroatoms. The summed E-state index contributed by atoms with van der Waals surface area (Å²) in [7, 11) is 3.58. The third-order valence-electron chi connectivity index (χ3n) is 3.63. The molecule has 126 valence electrons. The fourth-order valence-electron chi connectivity index (χ4n) is 2.32. The number of benzene rings is 2. The largest absolute Gasteiger partial charge is 0.377 e. The zero-order valence-electron chi connectivity index (χ0n) is 13.6. The van der Waals surface area contributed by atoms with E-state index in [2.05, 4.69) is 21.2 Å². The van der Waals surface area contributed by atoms with Gasteiger partial charge in [0, 0.05) is 36.4 Å². The van der Waals surface area contributed by atoms with Gasteiger partial charge in [0.15, 0.2) is 0 Å². The van der Waals surface area contributed by atoms with E-state index in [-0.39, 0.29) is 23.2 Å². The van der Waals surface area contributed by atoms with E-state index in [0.29, 0.717) is 5.69 Å². The molecule has 0 bridgehead atoms. The van der Waals surface area contributed by atoms with Crippen molar-refractivity contribution < 1.29 is 9.72 Å². The fourth-order valence-corrected chi connectivity index (χ4v) is 2.58. The van der Waals surface area contributed by atoms with Gasteiger partial charge < -0.3 is 10.2 Å². The van der Waals surface area contributed by atoms with Gasteiger partial charge in [-0.2, -0.15) is 0 Å². The number of nitro benzene ring substituents is 1. The minimum Gasteiger partial charge on any atom is -0.377 e. The van der Waals surface area contributed by atoms with Crippen LogP contribution in [0.3, 0.4) is 0 Å². The van der Waals surface area contributed by atoms with Crippen LogP contribution in [-0.4, -0.2) is 24.9 Å². The van der Waals surface area contributed by atoms with Crippen molar-refractivity contribution >= 4 is 33.2 Å². The van der Waals surface area contributed by atoms with Crippen LogP contribution in [0.15, 0.2) is 46.9 Å². The van der Waals surface area contributed by atoms with Crippen molar-refractivity contribution in [2.45, 2.75) is 13.0 Å². The summed E-state index contributed by atoms with van der Waals surface area (Å²) in [6.45, 7) is 1.87. The van der Waals surface area contributed by atoms with Gasteiger partial charge in [-0.1, -0.05) is 28.1 Å². The van der Waals surface area contributed by atoms with Crippen LogP contribution in [0.5, 0.6) is 0 Å². The monoisotopic (exact) mass is 391 g/mol. The number of hydrogen-bond donors (Lipinski definition) is 1. The molecule has 0 aliphatic heterocycles. The summed E-state index contributed by atoms with van der Waals surface area (Å²) in [4.78, 5) is 24.9. The summed E-state index contributed by atoms with van der Waals surface area (Å²) in [5, 5.41) is 13.9. The van der Waals surface area contributed by atoms with Crippen LogP contribution in [0.4, 0.5) is 11.4 Å². The van der Waals surface area contributed by atoms with Gasteiger partial charge in [0.05, 0.1) is 16.5 Å². The summed E-state index contributed by atoms with van der Waals surface area (Å²) < 4.78 is 0.957. The molecule has 6 nitrogen and oxygen atoms in total. The van der Waals surface area contributed by atoms with E-state index >= 15 is 0 Å². The van der Waals surface area contributed by atoms with Gasteiger partial charge in [0.1, 0.15) is 0 Å². The number of carbonyl (C=O) groups is 1. The van der Waals surface area contributed by atoms with Gasteiger partial charge in [0.25, 0.3) is 11.6 Å². The Labute approximate surface area is 148 Å².